The highest BCUT2D eigenvalue weighted by Crippen LogP contribution is 2.27. The first-order valence-electron chi connectivity index (χ1n) is 6.91. The van der Waals surface area contributed by atoms with Gasteiger partial charge in [0, 0.05) is 6.61 Å². The Kier molecular flexibility index (Phi) is 5.02. The predicted octanol–water partition coefficient (Wildman–Crippen LogP) is 2.91. The van der Waals surface area contributed by atoms with Gasteiger partial charge in [0.25, 0.3) is 0 Å². The summed E-state index contributed by atoms with van der Waals surface area (Å²) in [6.45, 7) is 6.55. The molecule has 0 saturated heterocycles. The third kappa shape index (κ3) is 4.00. The van der Waals surface area contributed by atoms with Gasteiger partial charge in [0.2, 0.25) is 0 Å². The fourth-order valence-corrected chi connectivity index (χ4v) is 1.91. The van der Waals surface area contributed by atoms with Crippen LogP contribution in [0.15, 0.2) is 24.3 Å². The Morgan fingerprint density at radius 2 is 1.94 bits per heavy atom. The smallest absolute Gasteiger partial charge is 0.119 e. The van der Waals surface area contributed by atoms with Gasteiger partial charge in [0.1, 0.15) is 5.75 Å². The normalized spacial score (nSPS) is 16.6. The van der Waals surface area contributed by atoms with Crippen LogP contribution >= 0.6 is 0 Å². The lowest BCUT2D eigenvalue weighted by Gasteiger charge is -2.18. The predicted molar refractivity (Wildman–Crippen MR) is 73.0 cm³/mol. The quantitative estimate of drug-likeness (QED) is 0.768. The zero-order chi connectivity index (χ0) is 12.8. The molecular weight excluding hydrogens is 226 g/mol. The van der Waals surface area contributed by atoms with Gasteiger partial charge in [-0.1, -0.05) is 19.1 Å². The Balaban J connectivity index is 1.95. The summed E-state index contributed by atoms with van der Waals surface area (Å²) in [6, 6.07) is 8.65. The molecule has 0 spiro atoms. The maximum atomic E-state index is 5.75. The van der Waals surface area contributed by atoms with Crippen LogP contribution in [0.25, 0.3) is 0 Å². The molecule has 0 heterocycles. The van der Waals surface area contributed by atoms with Crippen molar-refractivity contribution in [2.24, 2.45) is 0 Å². The van der Waals surface area contributed by atoms with Crippen molar-refractivity contribution in [1.82, 2.24) is 5.32 Å². The number of rotatable bonds is 8. The highest BCUT2D eigenvalue weighted by molar-refractivity contribution is 5.29. The lowest BCUT2D eigenvalue weighted by Crippen LogP contribution is -2.25. The number of nitrogens with one attached hydrogen (secondary N) is 1. The van der Waals surface area contributed by atoms with E-state index >= 15 is 0 Å². The van der Waals surface area contributed by atoms with E-state index in [2.05, 4.69) is 36.5 Å². The van der Waals surface area contributed by atoms with Gasteiger partial charge < -0.3 is 14.8 Å². The largest absolute Gasteiger partial charge is 0.490 e. The zero-order valence-electron chi connectivity index (χ0n) is 11.3. The molecule has 1 atom stereocenters. The summed E-state index contributed by atoms with van der Waals surface area (Å²) >= 11 is 0. The molecule has 0 aromatic heterocycles. The molecule has 1 aromatic rings. The van der Waals surface area contributed by atoms with E-state index in [-0.39, 0.29) is 6.04 Å². The summed E-state index contributed by atoms with van der Waals surface area (Å²) < 4.78 is 11.3. The van der Waals surface area contributed by atoms with Gasteiger partial charge in [-0.2, -0.15) is 0 Å². The minimum absolute atomic E-state index is 0.268. The van der Waals surface area contributed by atoms with Crippen LogP contribution in [0.4, 0.5) is 0 Å². The molecule has 3 nitrogen and oxygen atoms in total. The summed E-state index contributed by atoms with van der Waals surface area (Å²) in [7, 11) is 0. The number of benzene rings is 1. The molecule has 0 bridgehead atoms. The van der Waals surface area contributed by atoms with E-state index in [0.717, 1.165) is 18.9 Å². The minimum Gasteiger partial charge on any atom is -0.490 e. The second-order valence-electron chi connectivity index (χ2n) is 4.66. The van der Waals surface area contributed by atoms with Gasteiger partial charge in [-0.15, -0.1) is 0 Å². The minimum atomic E-state index is 0.268. The summed E-state index contributed by atoms with van der Waals surface area (Å²) in [4.78, 5) is 0. The van der Waals surface area contributed by atoms with Crippen LogP contribution < -0.4 is 10.1 Å². The first kappa shape index (κ1) is 13.4. The molecule has 1 fully saturated rings. The van der Waals surface area contributed by atoms with Crippen molar-refractivity contribution in [3.05, 3.63) is 29.8 Å². The van der Waals surface area contributed by atoms with Crippen molar-refractivity contribution in [2.75, 3.05) is 19.8 Å². The van der Waals surface area contributed by atoms with E-state index in [0.29, 0.717) is 12.7 Å². The molecular formula is C15H23NO2. The Hall–Kier alpha value is -1.06. The van der Waals surface area contributed by atoms with Crippen molar-refractivity contribution in [3.8, 4) is 5.75 Å². The fourth-order valence-electron chi connectivity index (χ4n) is 1.91. The molecule has 1 unspecified atom stereocenters. The highest BCUT2D eigenvalue weighted by Gasteiger charge is 2.23. The Labute approximate surface area is 109 Å². The molecule has 1 aliphatic carbocycles. The number of hydrogen-bond acceptors (Lipinski definition) is 3. The second kappa shape index (κ2) is 6.76. The van der Waals surface area contributed by atoms with E-state index in [9.17, 15) is 0 Å². The molecule has 1 saturated carbocycles. The maximum absolute atomic E-state index is 5.75. The van der Waals surface area contributed by atoms with Gasteiger partial charge in [0.05, 0.1) is 18.8 Å². The zero-order valence-corrected chi connectivity index (χ0v) is 11.3. The summed E-state index contributed by atoms with van der Waals surface area (Å²) in [5.41, 5.74) is 1.26. The molecule has 1 N–H and O–H groups in total. The van der Waals surface area contributed by atoms with Crippen LogP contribution in [0.5, 0.6) is 5.75 Å². The highest BCUT2D eigenvalue weighted by atomic mass is 16.5. The van der Waals surface area contributed by atoms with Gasteiger partial charge in [-0.3, -0.25) is 0 Å². The third-order valence-electron chi connectivity index (χ3n) is 3.05. The van der Waals surface area contributed by atoms with E-state index < -0.39 is 0 Å². The van der Waals surface area contributed by atoms with Gasteiger partial charge in [-0.25, -0.2) is 0 Å². The van der Waals surface area contributed by atoms with Gasteiger partial charge in [0.15, 0.2) is 0 Å². The first-order chi connectivity index (χ1) is 8.83. The Morgan fingerprint density at radius 3 is 2.50 bits per heavy atom. The van der Waals surface area contributed by atoms with Crippen molar-refractivity contribution in [2.45, 2.75) is 38.8 Å². The molecule has 0 radical (unpaired) electrons. The van der Waals surface area contributed by atoms with Crippen molar-refractivity contribution >= 4 is 0 Å². The van der Waals surface area contributed by atoms with Crippen LogP contribution in [-0.4, -0.2) is 25.9 Å². The molecule has 18 heavy (non-hydrogen) atoms. The van der Waals surface area contributed by atoms with Crippen LogP contribution in [0.2, 0.25) is 0 Å². The maximum Gasteiger partial charge on any atom is 0.119 e. The summed E-state index contributed by atoms with van der Waals surface area (Å²) in [5, 5.41) is 3.44. The monoisotopic (exact) mass is 249 g/mol. The Morgan fingerprint density at radius 1 is 1.22 bits per heavy atom. The standard InChI is InChI=1S/C15H23NO2/c1-3-16-15(11-17-4-2)12-5-7-13(8-6-12)18-14-9-10-14/h5-8,14-16H,3-4,9-11H2,1-2H3. The topological polar surface area (TPSA) is 30.5 Å². The van der Waals surface area contributed by atoms with Crippen LogP contribution in [-0.2, 0) is 4.74 Å². The molecule has 3 heteroatoms. The van der Waals surface area contributed by atoms with Crippen LogP contribution in [0.3, 0.4) is 0 Å². The SMILES string of the molecule is CCNC(COCC)c1ccc(OC2CC2)cc1. The fraction of sp³-hybridized carbons (Fsp3) is 0.600. The van der Waals surface area contributed by atoms with Crippen molar-refractivity contribution < 1.29 is 9.47 Å². The number of hydrogen-bond donors (Lipinski definition) is 1. The molecule has 100 valence electrons. The number of ether oxygens (including phenoxy) is 2. The average Bonchev–Trinajstić information content (AvgIpc) is 3.19. The van der Waals surface area contributed by atoms with Crippen molar-refractivity contribution in [3.63, 3.8) is 0 Å². The third-order valence-corrected chi connectivity index (χ3v) is 3.05. The first-order valence-corrected chi connectivity index (χ1v) is 6.91. The molecule has 0 aliphatic heterocycles. The lowest BCUT2D eigenvalue weighted by atomic mass is 10.1. The molecule has 2 rings (SSSR count). The van der Waals surface area contributed by atoms with Crippen LogP contribution in [0, 0.1) is 0 Å². The van der Waals surface area contributed by atoms with Gasteiger partial charge >= 0.3 is 0 Å². The second-order valence-corrected chi connectivity index (χ2v) is 4.66. The van der Waals surface area contributed by atoms with E-state index in [1.807, 2.05) is 6.92 Å². The van der Waals surface area contributed by atoms with E-state index in [4.69, 9.17) is 9.47 Å². The number of likely N-dealkylation sites (N-methyl/N-ethyl adjacent to an activating group) is 1. The van der Waals surface area contributed by atoms with Gasteiger partial charge in [-0.05, 0) is 44.0 Å². The molecule has 1 aliphatic rings. The van der Waals surface area contributed by atoms with Crippen molar-refractivity contribution in [1.29, 1.82) is 0 Å². The van der Waals surface area contributed by atoms with Crippen LogP contribution in [0.1, 0.15) is 38.3 Å². The summed E-state index contributed by atoms with van der Waals surface area (Å²) in [5.74, 6) is 0.980. The van der Waals surface area contributed by atoms with E-state index in [1.54, 1.807) is 0 Å². The Bertz CT molecular complexity index is 346. The molecule has 1 aromatic carbocycles. The lowest BCUT2D eigenvalue weighted by molar-refractivity contribution is 0.123. The summed E-state index contributed by atoms with van der Waals surface area (Å²) in [6.07, 6.45) is 2.86. The van der Waals surface area contributed by atoms with E-state index in [1.165, 1.54) is 18.4 Å². The molecule has 0 amide bonds. The average molecular weight is 249 g/mol.